The van der Waals surface area contributed by atoms with Gasteiger partial charge in [-0.2, -0.15) is 13.2 Å². The fraction of sp³-hybridized carbons (Fsp3) is 0.111. The molecule has 0 saturated carbocycles. The number of hydrogen-bond acceptors (Lipinski definition) is 8. The molecule has 1 amide bonds. The minimum atomic E-state index is -4.49. The van der Waals surface area contributed by atoms with Crippen LogP contribution in [0.3, 0.4) is 0 Å². The van der Waals surface area contributed by atoms with Gasteiger partial charge in [-0.3, -0.25) is 19.5 Å². The molecule has 0 unspecified atom stereocenters. The summed E-state index contributed by atoms with van der Waals surface area (Å²) in [6, 6.07) is 18.3. The van der Waals surface area contributed by atoms with Crippen molar-refractivity contribution < 1.29 is 22.9 Å². The van der Waals surface area contributed by atoms with Crippen molar-refractivity contribution in [3.8, 4) is 17.1 Å². The van der Waals surface area contributed by atoms with Crippen LogP contribution in [0.15, 0.2) is 84.1 Å². The molecule has 2 aromatic heterocycles. The van der Waals surface area contributed by atoms with Crippen LogP contribution in [0, 0.1) is 10.1 Å². The highest BCUT2D eigenvalue weighted by atomic mass is 35.5. The number of para-hydroxylation sites is 1. The van der Waals surface area contributed by atoms with Crippen LogP contribution in [-0.4, -0.2) is 36.3 Å². The molecule has 0 aliphatic heterocycles. The smallest absolute Gasteiger partial charge is 0.301 e. The van der Waals surface area contributed by atoms with E-state index in [0.29, 0.717) is 32.7 Å². The van der Waals surface area contributed by atoms with Crippen LogP contribution in [0.4, 0.5) is 24.0 Å². The SMILES string of the molecule is O=C(CSc1nnc(-c2cccc([N+](=O)[O-])c2)n1-c1ccccc1)Nc1ncc(Cc2cc(C(F)(F)F)ccc2Cl)s1. The number of thioether (sulfide) groups is 1. The topological polar surface area (TPSA) is 116 Å². The number of nitrogens with one attached hydrogen (secondary N) is 1. The van der Waals surface area contributed by atoms with E-state index in [1.807, 2.05) is 30.3 Å². The third-order valence-corrected chi connectivity index (χ3v) is 8.04. The summed E-state index contributed by atoms with van der Waals surface area (Å²) in [5, 5.41) is 23.3. The molecule has 0 saturated heterocycles. The van der Waals surface area contributed by atoms with Crippen molar-refractivity contribution in [2.24, 2.45) is 0 Å². The lowest BCUT2D eigenvalue weighted by atomic mass is 10.1. The molecule has 0 aliphatic carbocycles. The van der Waals surface area contributed by atoms with Gasteiger partial charge in [0.25, 0.3) is 5.69 Å². The van der Waals surface area contributed by atoms with E-state index < -0.39 is 22.6 Å². The molecule has 0 aliphatic rings. The van der Waals surface area contributed by atoms with Crippen molar-refractivity contribution in [1.82, 2.24) is 19.7 Å². The summed E-state index contributed by atoms with van der Waals surface area (Å²) in [6.07, 6.45) is -2.90. The zero-order valence-electron chi connectivity index (χ0n) is 21.2. The number of amides is 1. The summed E-state index contributed by atoms with van der Waals surface area (Å²) >= 11 is 8.34. The van der Waals surface area contributed by atoms with Gasteiger partial charge in [0.05, 0.1) is 16.2 Å². The molecule has 0 fully saturated rings. The summed E-state index contributed by atoms with van der Waals surface area (Å²) in [6.45, 7) is 0. The van der Waals surface area contributed by atoms with E-state index in [1.54, 1.807) is 16.7 Å². The van der Waals surface area contributed by atoms with E-state index in [-0.39, 0.29) is 28.0 Å². The first-order chi connectivity index (χ1) is 20.1. The maximum Gasteiger partial charge on any atom is 0.416 e. The van der Waals surface area contributed by atoms with E-state index in [2.05, 4.69) is 20.5 Å². The zero-order chi connectivity index (χ0) is 29.9. The number of alkyl halides is 3. The van der Waals surface area contributed by atoms with Crippen LogP contribution in [0.5, 0.6) is 0 Å². The van der Waals surface area contributed by atoms with Gasteiger partial charge < -0.3 is 5.32 Å². The molecule has 0 radical (unpaired) electrons. The van der Waals surface area contributed by atoms with Gasteiger partial charge in [-0.1, -0.05) is 53.7 Å². The number of aromatic nitrogens is 4. The molecule has 15 heteroatoms. The standard InChI is InChI=1S/C27H18ClF3N6O3S2/c28-22-10-9-18(27(29,30)31)11-17(22)13-21-14-32-25(42-21)33-23(38)15-41-26-35-34-24(36(26)19-6-2-1-3-7-19)16-5-4-8-20(12-16)37(39)40/h1-12,14H,13,15H2,(H,32,33,38). The van der Waals surface area contributed by atoms with Crippen molar-refractivity contribution in [3.05, 3.63) is 110 Å². The Morgan fingerprint density at radius 1 is 1.07 bits per heavy atom. The van der Waals surface area contributed by atoms with Crippen LogP contribution < -0.4 is 5.32 Å². The Morgan fingerprint density at radius 2 is 1.86 bits per heavy atom. The third-order valence-electron chi connectivity index (χ3n) is 5.83. The van der Waals surface area contributed by atoms with Crippen LogP contribution in [0.25, 0.3) is 17.1 Å². The number of hydrogen-bond donors (Lipinski definition) is 1. The normalized spacial score (nSPS) is 11.4. The first kappa shape index (κ1) is 29.2. The predicted octanol–water partition coefficient (Wildman–Crippen LogP) is 7.29. The van der Waals surface area contributed by atoms with Crippen LogP contribution in [0.1, 0.15) is 16.0 Å². The first-order valence-electron chi connectivity index (χ1n) is 12.1. The number of carbonyl (C=O) groups is 1. The molecule has 9 nitrogen and oxygen atoms in total. The Morgan fingerprint density at radius 3 is 2.60 bits per heavy atom. The quantitative estimate of drug-likeness (QED) is 0.103. The Kier molecular flexibility index (Phi) is 8.56. The highest BCUT2D eigenvalue weighted by Crippen LogP contribution is 2.34. The summed E-state index contributed by atoms with van der Waals surface area (Å²) < 4.78 is 41.0. The number of rotatable bonds is 9. The van der Waals surface area contributed by atoms with Crippen LogP contribution in [-0.2, 0) is 17.4 Å². The monoisotopic (exact) mass is 630 g/mol. The largest absolute Gasteiger partial charge is 0.416 e. The number of nitro benzene ring substituents is 1. The number of anilines is 1. The molecule has 5 aromatic rings. The second-order valence-electron chi connectivity index (χ2n) is 8.73. The number of halogens is 4. The fourth-order valence-corrected chi connectivity index (χ4v) is 5.71. The average Bonchev–Trinajstić information content (AvgIpc) is 3.59. The molecule has 0 bridgehead atoms. The number of non-ortho nitro benzene ring substituents is 1. The van der Waals surface area contributed by atoms with Gasteiger partial charge in [-0.05, 0) is 35.9 Å². The summed E-state index contributed by atoms with van der Waals surface area (Å²) in [4.78, 5) is 28.3. The molecular formula is C27H18ClF3N6O3S2. The minimum absolute atomic E-state index is 0.0612. The van der Waals surface area contributed by atoms with Gasteiger partial charge in [-0.25, -0.2) is 4.98 Å². The van der Waals surface area contributed by atoms with Gasteiger partial charge >= 0.3 is 6.18 Å². The lowest BCUT2D eigenvalue weighted by Gasteiger charge is -2.10. The first-order valence-corrected chi connectivity index (χ1v) is 14.2. The van der Waals surface area contributed by atoms with Gasteiger partial charge in [0.15, 0.2) is 16.1 Å². The van der Waals surface area contributed by atoms with Crippen LogP contribution >= 0.6 is 34.7 Å². The highest BCUT2D eigenvalue weighted by molar-refractivity contribution is 7.99. The molecule has 214 valence electrons. The molecule has 0 atom stereocenters. The number of thiazole rings is 1. The number of nitrogens with zero attached hydrogens (tertiary/aromatic N) is 5. The van der Waals surface area contributed by atoms with Crippen molar-refractivity contribution in [2.45, 2.75) is 17.8 Å². The maximum atomic E-state index is 13.1. The molecule has 3 aromatic carbocycles. The molecular weight excluding hydrogens is 613 g/mol. The van der Waals surface area contributed by atoms with E-state index in [9.17, 15) is 28.1 Å². The lowest BCUT2D eigenvalue weighted by Crippen LogP contribution is -2.14. The maximum absolute atomic E-state index is 13.1. The molecule has 5 rings (SSSR count). The second-order valence-corrected chi connectivity index (χ2v) is 11.2. The highest BCUT2D eigenvalue weighted by Gasteiger charge is 2.31. The Balaban J connectivity index is 1.29. The Labute approximate surface area is 249 Å². The fourth-order valence-electron chi connectivity index (χ4n) is 3.93. The van der Waals surface area contributed by atoms with Gasteiger partial charge in [0.1, 0.15) is 0 Å². The lowest BCUT2D eigenvalue weighted by molar-refractivity contribution is -0.384. The van der Waals surface area contributed by atoms with Crippen LogP contribution in [0.2, 0.25) is 5.02 Å². The second kappa shape index (κ2) is 12.3. The summed E-state index contributed by atoms with van der Waals surface area (Å²) in [5.74, 6) is -0.0861. The van der Waals surface area contributed by atoms with E-state index >= 15 is 0 Å². The number of carbonyl (C=O) groups excluding carboxylic acids is 1. The van der Waals surface area contributed by atoms with Crippen molar-refractivity contribution in [2.75, 3.05) is 11.1 Å². The van der Waals surface area contributed by atoms with E-state index in [4.69, 9.17) is 11.6 Å². The zero-order valence-corrected chi connectivity index (χ0v) is 23.6. The molecule has 0 spiro atoms. The van der Waals surface area contributed by atoms with E-state index in [1.165, 1.54) is 24.4 Å². The average molecular weight is 631 g/mol. The molecule has 1 N–H and O–H groups in total. The van der Waals surface area contributed by atoms with Gasteiger partial charge in [-0.15, -0.1) is 21.5 Å². The van der Waals surface area contributed by atoms with Gasteiger partial charge in [0.2, 0.25) is 5.91 Å². The molecule has 42 heavy (non-hydrogen) atoms. The Hall–Kier alpha value is -4.27. The van der Waals surface area contributed by atoms with E-state index in [0.717, 1.165) is 35.2 Å². The summed E-state index contributed by atoms with van der Waals surface area (Å²) in [7, 11) is 0. The molecule has 2 heterocycles. The number of benzene rings is 3. The minimum Gasteiger partial charge on any atom is -0.301 e. The summed E-state index contributed by atoms with van der Waals surface area (Å²) in [5.41, 5.74) is 0.581. The number of nitro groups is 1. The third kappa shape index (κ3) is 6.78. The van der Waals surface area contributed by atoms with Crippen molar-refractivity contribution in [1.29, 1.82) is 0 Å². The van der Waals surface area contributed by atoms with Gasteiger partial charge in [0, 0.05) is 45.9 Å². The van der Waals surface area contributed by atoms with Crippen molar-refractivity contribution >= 4 is 51.4 Å². The predicted molar refractivity (Wildman–Crippen MR) is 154 cm³/mol. The Bertz CT molecular complexity index is 1760. The van der Waals surface area contributed by atoms with Crippen molar-refractivity contribution in [3.63, 3.8) is 0 Å².